The zero-order chi connectivity index (χ0) is 22.3. The van der Waals surface area contributed by atoms with Crippen LogP contribution in [0.15, 0.2) is 36.5 Å². The molecule has 1 saturated heterocycles. The lowest BCUT2D eigenvalue weighted by molar-refractivity contribution is -0.384. The van der Waals surface area contributed by atoms with Crippen molar-refractivity contribution in [2.24, 2.45) is 5.73 Å². The Bertz CT molecular complexity index is 1180. The third kappa shape index (κ3) is 3.88. The first kappa shape index (κ1) is 20.6. The van der Waals surface area contributed by atoms with Gasteiger partial charge in [-0.15, -0.1) is 10.2 Å². The second-order valence-electron chi connectivity index (χ2n) is 7.31. The zero-order valence-electron chi connectivity index (χ0n) is 16.0. The number of pyridine rings is 1. The number of halogens is 3. The zero-order valence-corrected chi connectivity index (χ0v) is 16.0. The standard InChI is InChI=1S/C19H17F3N6O3/c20-19(21,22)13-4-6-16-24-25-18(27(16)10-13)12-2-1-7-26(9-12)14-5-3-11(17(23)29)8-15(14)28(30)31/h3-6,8,10,12H,1-2,7,9H2,(H2,23,29). The number of nitrogens with two attached hydrogens (primary N) is 1. The van der Waals surface area contributed by atoms with Gasteiger partial charge in [0, 0.05) is 36.8 Å². The van der Waals surface area contributed by atoms with E-state index in [0.717, 1.165) is 18.3 Å². The van der Waals surface area contributed by atoms with Crippen LogP contribution in [0.25, 0.3) is 5.65 Å². The summed E-state index contributed by atoms with van der Waals surface area (Å²) in [5.41, 5.74) is 4.76. The molecule has 0 spiro atoms. The molecule has 0 aliphatic carbocycles. The number of hydrogen-bond donors (Lipinski definition) is 1. The molecular weight excluding hydrogens is 417 g/mol. The van der Waals surface area contributed by atoms with Crippen molar-refractivity contribution in [3.63, 3.8) is 0 Å². The molecule has 2 N–H and O–H groups in total. The number of amides is 1. The molecule has 9 nitrogen and oxygen atoms in total. The lowest BCUT2D eigenvalue weighted by Gasteiger charge is -2.33. The topological polar surface area (TPSA) is 120 Å². The maximum absolute atomic E-state index is 13.1. The molecule has 1 aromatic carbocycles. The minimum absolute atomic E-state index is 0.0205. The lowest BCUT2D eigenvalue weighted by Crippen LogP contribution is -2.35. The van der Waals surface area contributed by atoms with E-state index in [1.54, 1.807) is 4.90 Å². The van der Waals surface area contributed by atoms with E-state index < -0.39 is 22.6 Å². The van der Waals surface area contributed by atoms with E-state index in [1.807, 2.05) is 0 Å². The van der Waals surface area contributed by atoms with Gasteiger partial charge in [-0.2, -0.15) is 13.2 Å². The summed E-state index contributed by atoms with van der Waals surface area (Å²) in [6.07, 6.45) is -2.25. The largest absolute Gasteiger partial charge is 0.417 e. The number of primary amides is 1. The van der Waals surface area contributed by atoms with E-state index in [2.05, 4.69) is 10.2 Å². The summed E-state index contributed by atoms with van der Waals surface area (Å²) in [5, 5.41) is 19.6. The predicted octanol–water partition coefficient (Wildman–Crippen LogP) is 3.14. The van der Waals surface area contributed by atoms with Crippen LogP contribution in [0.4, 0.5) is 24.5 Å². The van der Waals surface area contributed by atoms with Gasteiger partial charge in [0.05, 0.1) is 10.5 Å². The fourth-order valence-corrected chi connectivity index (χ4v) is 3.85. The average molecular weight is 434 g/mol. The minimum atomic E-state index is -4.50. The monoisotopic (exact) mass is 434 g/mol. The van der Waals surface area contributed by atoms with Gasteiger partial charge < -0.3 is 10.6 Å². The van der Waals surface area contributed by atoms with Gasteiger partial charge in [0.2, 0.25) is 5.91 Å². The first-order valence-corrected chi connectivity index (χ1v) is 9.40. The summed E-state index contributed by atoms with van der Waals surface area (Å²) in [6, 6.07) is 6.21. The van der Waals surface area contributed by atoms with Crippen molar-refractivity contribution in [3.05, 3.63) is 63.6 Å². The fourth-order valence-electron chi connectivity index (χ4n) is 3.85. The number of nitrogens with zero attached hydrogens (tertiary/aromatic N) is 5. The Morgan fingerprint density at radius 2 is 2.00 bits per heavy atom. The summed E-state index contributed by atoms with van der Waals surface area (Å²) < 4.78 is 40.7. The molecule has 0 bridgehead atoms. The van der Waals surface area contributed by atoms with Gasteiger partial charge in [-0.1, -0.05) is 0 Å². The molecule has 1 aliphatic heterocycles. The van der Waals surface area contributed by atoms with Crippen molar-refractivity contribution in [2.75, 3.05) is 18.0 Å². The van der Waals surface area contributed by atoms with Gasteiger partial charge >= 0.3 is 6.18 Å². The van der Waals surface area contributed by atoms with Crippen LogP contribution in [0.3, 0.4) is 0 Å². The highest BCUT2D eigenvalue weighted by Crippen LogP contribution is 2.36. The molecule has 162 valence electrons. The number of nitro groups is 1. The van der Waals surface area contributed by atoms with Crippen molar-refractivity contribution >= 4 is 22.9 Å². The number of nitro benzene ring substituents is 1. The Hall–Kier alpha value is -3.70. The smallest absolute Gasteiger partial charge is 0.366 e. The van der Waals surface area contributed by atoms with Gasteiger partial charge in [0.15, 0.2) is 5.65 Å². The third-order valence-corrected chi connectivity index (χ3v) is 5.34. The molecule has 3 aromatic rings. The molecule has 1 atom stereocenters. The van der Waals surface area contributed by atoms with Crippen LogP contribution in [-0.4, -0.2) is 38.5 Å². The van der Waals surface area contributed by atoms with E-state index in [-0.39, 0.29) is 22.8 Å². The van der Waals surface area contributed by atoms with E-state index in [1.165, 1.54) is 22.6 Å². The molecule has 1 amide bonds. The predicted molar refractivity (Wildman–Crippen MR) is 104 cm³/mol. The summed E-state index contributed by atoms with van der Waals surface area (Å²) >= 11 is 0. The number of piperidine rings is 1. The van der Waals surface area contributed by atoms with Crippen molar-refractivity contribution in [3.8, 4) is 0 Å². The molecule has 2 aromatic heterocycles. The minimum Gasteiger partial charge on any atom is -0.366 e. The highest BCUT2D eigenvalue weighted by molar-refractivity contribution is 5.94. The summed E-state index contributed by atoms with van der Waals surface area (Å²) in [4.78, 5) is 24.1. The number of aromatic nitrogens is 3. The molecular formula is C19H17F3N6O3. The maximum Gasteiger partial charge on any atom is 0.417 e. The highest BCUT2D eigenvalue weighted by atomic mass is 19.4. The van der Waals surface area contributed by atoms with Crippen molar-refractivity contribution in [1.82, 2.24) is 14.6 Å². The highest BCUT2D eigenvalue weighted by Gasteiger charge is 2.33. The molecule has 0 radical (unpaired) electrons. The molecule has 3 heterocycles. The number of benzene rings is 1. The molecule has 1 fully saturated rings. The fraction of sp³-hybridized carbons (Fsp3) is 0.316. The van der Waals surface area contributed by atoms with Crippen LogP contribution < -0.4 is 10.6 Å². The van der Waals surface area contributed by atoms with Gasteiger partial charge in [-0.3, -0.25) is 19.3 Å². The van der Waals surface area contributed by atoms with E-state index >= 15 is 0 Å². The second kappa shape index (κ2) is 7.52. The van der Waals surface area contributed by atoms with E-state index in [0.29, 0.717) is 37.4 Å². The lowest BCUT2D eigenvalue weighted by atomic mass is 9.96. The van der Waals surface area contributed by atoms with Gasteiger partial charge in [0.25, 0.3) is 5.69 Å². The van der Waals surface area contributed by atoms with Crippen molar-refractivity contribution in [1.29, 1.82) is 0 Å². The number of carbonyl (C=O) groups excluding carboxylic acids is 1. The Morgan fingerprint density at radius 3 is 2.68 bits per heavy atom. The third-order valence-electron chi connectivity index (χ3n) is 5.34. The molecule has 1 aliphatic rings. The van der Waals surface area contributed by atoms with Crippen LogP contribution >= 0.6 is 0 Å². The van der Waals surface area contributed by atoms with Crippen LogP contribution in [0.5, 0.6) is 0 Å². The summed E-state index contributed by atoms with van der Waals surface area (Å²) in [6.45, 7) is 0.811. The second-order valence-corrected chi connectivity index (χ2v) is 7.31. The number of fused-ring (bicyclic) bond motifs is 1. The number of hydrogen-bond acceptors (Lipinski definition) is 6. The number of alkyl halides is 3. The van der Waals surface area contributed by atoms with Crippen LogP contribution in [0.1, 0.15) is 40.5 Å². The van der Waals surface area contributed by atoms with E-state index in [9.17, 15) is 28.1 Å². The van der Waals surface area contributed by atoms with E-state index in [4.69, 9.17) is 5.73 Å². The van der Waals surface area contributed by atoms with Crippen LogP contribution in [-0.2, 0) is 6.18 Å². The Kier molecular flexibility index (Phi) is 4.99. The first-order valence-electron chi connectivity index (χ1n) is 9.40. The molecule has 0 saturated carbocycles. The Morgan fingerprint density at radius 1 is 1.23 bits per heavy atom. The van der Waals surface area contributed by atoms with Gasteiger partial charge in [0.1, 0.15) is 11.5 Å². The normalized spacial score (nSPS) is 17.1. The molecule has 12 heteroatoms. The van der Waals surface area contributed by atoms with Crippen LogP contribution in [0.2, 0.25) is 0 Å². The molecule has 31 heavy (non-hydrogen) atoms. The number of anilines is 1. The summed E-state index contributed by atoms with van der Waals surface area (Å²) in [5.74, 6) is -0.702. The van der Waals surface area contributed by atoms with Gasteiger partial charge in [-0.25, -0.2) is 0 Å². The summed E-state index contributed by atoms with van der Waals surface area (Å²) in [7, 11) is 0. The molecule has 1 unspecified atom stereocenters. The van der Waals surface area contributed by atoms with Crippen molar-refractivity contribution < 1.29 is 22.9 Å². The first-order chi connectivity index (χ1) is 14.6. The Balaban J connectivity index is 1.69. The number of carbonyl (C=O) groups is 1. The number of rotatable bonds is 4. The van der Waals surface area contributed by atoms with Gasteiger partial charge in [-0.05, 0) is 37.1 Å². The van der Waals surface area contributed by atoms with Crippen LogP contribution in [0, 0.1) is 10.1 Å². The quantitative estimate of drug-likeness (QED) is 0.498. The van der Waals surface area contributed by atoms with Crippen molar-refractivity contribution in [2.45, 2.75) is 24.9 Å². The molecule has 4 rings (SSSR count). The SMILES string of the molecule is NC(=O)c1ccc(N2CCCC(c3nnc4ccc(C(F)(F)F)cn34)C2)c([N+](=O)[O-])c1. The Labute approximate surface area is 173 Å². The maximum atomic E-state index is 13.1. The average Bonchev–Trinajstić information content (AvgIpc) is 3.16.